The van der Waals surface area contributed by atoms with Crippen LogP contribution in [-0.4, -0.2) is 35.1 Å². The van der Waals surface area contributed by atoms with Crippen LogP contribution in [0.5, 0.6) is 0 Å². The number of halogens is 1. The van der Waals surface area contributed by atoms with Gasteiger partial charge in [-0.3, -0.25) is 9.59 Å². The van der Waals surface area contributed by atoms with Gasteiger partial charge in [-0.05, 0) is 85.0 Å². The third kappa shape index (κ3) is 35.1. The standard InChI is InChI=1S/C43H81NO5.ClH/c1-6-8-10-12-14-16-18-20-22-24-26-28-30-32-34-36-40(46)48-43(38-39-45,44-42(3,4)5)49-41(47)37-35-33-31-29-27-25-23-21-19-17-15-13-11-9-7-2;/h20-23,44-45H,6-19,24-39H2,1-5H3;1H/b22-20-,23-21-;. The zero-order chi connectivity index (χ0) is 36.3. The van der Waals surface area contributed by atoms with E-state index in [2.05, 4.69) is 43.5 Å². The second kappa shape index (κ2) is 36.0. The van der Waals surface area contributed by atoms with Gasteiger partial charge < -0.3 is 14.6 Å². The first-order valence-corrected chi connectivity index (χ1v) is 20.8. The van der Waals surface area contributed by atoms with Crippen LogP contribution in [0.1, 0.15) is 221 Å². The Bertz CT molecular complexity index is 769. The molecule has 0 aromatic rings. The van der Waals surface area contributed by atoms with Gasteiger partial charge >= 0.3 is 17.8 Å². The third-order valence-corrected chi connectivity index (χ3v) is 8.85. The molecule has 0 aromatic heterocycles. The zero-order valence-electron chi connectivity index (χ0n) is 33.5. The number of hydrogen-bond donors (Lipinski definition) is 2. The van der Waals surface area contributed by atoms with Crippen molar-refractivity contribution in [2.45, 2.75) is 232 Å². The molecular formula is C43H82ClNO5. The lowest BCUT2D eigenvalue weighted by Crippen LogP contribution is -2.59. The molecular weight excluding hydrogens is 646 g/mol. The summed E-state index contributed by atoms with van der Waals surface area (Å²) in [7, 11) is 0. The molecule has 0 unspecified atom stereocenters. The van der Waals surface area contributed by atoms with Gasteiger partial charge in [0.15, 0.2) is 0 Å². The number of carbonyl (C=O) groups excluding carboxylic acids is 2. The lowest BCUT2D eigenvalue weighted by Gasteiger charge is -2.38. The zero-order valence-corrected chi connectivity index (χ0v) is 34.3. The maximum atomic E-state index is 12.9. The first-order chi connectivity index (χ1) is 23.7. The molecule has 0 radical (unpaired) electrons. The lowest BCUT2D eigenvalue weighted by molar-refractivity contribution is -0.252. The summed E-state index contributed by atoms with van der Waals surface area (Å²) < 4.78 is 11.6. The van der Waals surface area contributed by atoms with Gasteiger partial charge in [0, 0.05) is 18.4 Å². The van der Waals surface area contributed by atoms with E-state index >= 15 is 0 Å². The van der Waals surface area contributed by atoms with E-state index in [1.165, 1.54) is 103 Å². The predicted molar refractivity (Wildman–Crippen MR) is 216 cm³/mol. The van der Waals surface area contributed by atoms with Crippen LogP contribution in [0.3, 0.4) is 0 Å². The van der Waals surface area contributed by atoms with Crippen molar-refractivity contribution in [2.75, 3.05) is 6.61 Å². The Morgan fingerprint density at radius 1 is 0.520 bits per heavy atom. The summed E-state index contributed by atoms with van der Waals surface area (Å²) >= 11 is 0. The van der Waals surface area contributed by atoms with E-state index in [0.29, 0.717) is 0 Å². The monoisotopic (exact) mass is 728 g/mol. The number of unbranched alkanes of at least 4 members (excludes halogenated alkanes) is 22. The van der Waals surface area contributed by atoms with Crippen LogP contribution in [0.2, 0.25) is 0 Å². The Morgan fingerprint density at radius 2 is 0.820 bits per heavy atom. The smallest absolute Gasteiger partial charge is 0.320 e. The average molecular weight is 729 g/mol. The molecule has 7 heteroatoms. The normalized spacial score (nSPS) is 12.1. The highest BCUT2D eigenvalue weighted by atomic mass is 35.5. The molecule has 0 saturated heterocycles. The van der Waals surface area contributed by atoms with Gasteiger partial charge in [-0.15, -0.1) is 12.4 Å². The van der Waals surface area contributed by atoms with Crippen LogP contribution in [0, 0.1) is 0 Å². The molecule has 2 N–H and O–H groups in total. The molecule has 0 amide bonds. The fourth-order valence-electron chi connectivity index (χ4n) is 6.10. The van der Waals surface area contributed by atoms with Crippen LogP contribution >= 0.6 is 12.4 Å². The topological polar surface area (TPSA) is 84.9 Å². The summed E-state index contributed by atoms with van der Waals surface area (Å²) in [6.45, 7) is 10.0. The molecule has 0 fully saturated rings. The average Bonchev–Trinajstić information content (AvgIpc) is 3.04. The fraction of sp³-hybridized carbons (Fsp3) is 0.860. The minimum atomic E-state index is -1.66. The van der Waals surface area contributed by atoms with E-state index in [1.807, 2.05) is 20.8 Å². The number of esters is 2. The number of ether oxygens (including phenoxy) is 2. The molecule has 0 spiro atoms. The summed E-state index contributed by atoms with van der Waals surface area (Å²) in [4.78, 5) is 25.8. The first kappa shape index (κ1) is 50.7. The molecule has 0 bridgehead atoms. The van der Waals surface area contributed by atoms with Gasteiger partial charge in [0.1, 0.15) is 0 Å². The maximum absolute atomic E-state index is 12.9. The minimum absolute atomic E-state index is 0. The van der Waals surface area contributed by atoms with Crippen LogP contribution in [0.25, 0.3) is 0 Å². The summed E-state index contributed by atoms with van der Waals surface area (Å²) in [6.07, 6.45) is 40.9. The number of hydrogen-bond acceptors (Lipinski definition) is 6. The number of carbonyl (C=O) groups is 2. The largest absolute Gasteiger partial charge is 0.408 e. The predicted octanol–water partition coefficient (Wildman–Crippen LogP) is 13.0. The van der Waals surface area contributed by atoms with Crippen LogP contribution in [0.4, 0.5) is 0 Å². The van der Waals surface area contributed by atoms with Gasteiger partial charge in [-0.1, -0.05) is 141 Å². The fourth-order valence-corrected chi connectivity index (χ4v) is 6.10. The van der Waals surface area contributed by atoms with Crippen molar-refractivity contribution in [3.63, 3.8) is 0 Å². The lowest BCUT2D eigenvalue weighted by atomic mass is 10.1. The van der Waals surface area contributed by atoms with Crippen molar-refractivity contribution >= 4 is 24.3 Å². The van der Waals surface area contributed by atoms with E-state index in [-0.39, 0.29) is 38.3 Å². The Balaban J connectivity index is 0. The van der Waals surface area contributed by atoms with Crippen molar-refractivity contribution < 1.29 is 24.2 Å². The van der Waals surface area contributed by atoms with Crippen LogP contribution < -0.4 is 5.32 Å². The van der Waals surface area contributed by atoms with Crippen molar-refractivity contribution in [1.82, 2.24) is 5.32 Å². The molecule has 0 rings (SSSR count). The van der Waals surface area contributed by atoms with E-state index in [0.717, 1.165) is 64.2 Å². The van der Waals surface area contributed by atoms with Gasteiger partial charge in [0.25, 0.3) is 0 Å². The van der Waals surface area contributed by atoms with Crippen LogP contribution in [-0.2, 0) is 19.1 Å². The number of aliphatic hydroxyl groups excluding tert-OH is 1. The number of nitrogens with one attached hydrogen (secondary N) is 1. The second-order valence-electron chi connectivity index (χ2n) is 15.2. The summed E-state index contributed by atoms with van der Waals surface area (Å²) in [5, 5.41) is 13.0. The molecule has 0 aliphatic heterocycles. The highest BCUT2D eigenvalue weighted by molar-refractivity contribution is 5.85. The Morgan fingerprint density at radius 3 is 1.12 bits per heavy atom. The summed E-state index contributed by atoms with van der Waals surface area (Å²) in [5.41, 5.74) is -0.498. The van der Waals surface area contributed by atoms with Crippen LogP contribution in [0.15, 0.2) is 24.3 Å². The highest BCUT2D eigenvalue weighted by Gasteiger charge is 2.41. The first-order valence-electron chi connectivity index (χ1n) is 20.8. The quantitative estimate of drug-likeness (QED) is 0.0293. The van der Waals surface area contributed by atoms with Gasteiger partial charge in [0.05, 0.1) is 13.0 Å². The van der Waals surface area contributed by atoms with E-state index < -0.39 is 23.4 Å². The van der Waals surface area contributed by atoms with Crippen molar-refractivity contribution in [2.24, 2.45) is 0 Å². The Hall–Kier alpha value is -1.37. The SMILES string of the molecule is CCCCCCCC/C=C\CCCCCCCC(=O)OC(CCO)(NC(C)(C)C)OC(=O)CCCCCCC/C=C\CCCCCCCC.Cl. The van der Waals surface area contributed by atoms with Gasteiger partial charge in [0.2, 0.25) is 0 Å². The summed E-state index contributed by atoms with van der Waals surface area (Å²) in [6, 6.07) is 0. The van der Waals surface area contributed by atoms with E-state index in [4.69, 9.17) is 9.47 Å². The number of rotatable bonds is 35. The molecule has 0 saturated carbocycles. The molecule has 0 aliphatic carbocycles. The van der Waals surface area contributed by atoms with Crippen molar-refractivity contribution in [1.29, 1.82) is 0 Å². The van der Waals surface area contributed by atoms with E-state index in [1.54, 1.807) is 0 Å². The Labute approximate surface area is 316 Å². The number of allylic oxidation sites excluding steroid dienone is 4. The van der Waals surface area contributed by atoms with Gasteiger partial charge in [-0.2, -0.15) is 0 Å². The molecule has 296 valence electrons. The molecule has 0 aliphatic rings. The van der Waals surface area contributed by atoms with Crippen molar-refractivity contribution in [3.05, 3.63) is 24.3 Å². The maximum Gasteiger partial charge on any atom is 0.320 e. The molecule has 6 nitrogen and oxygen atoms in total. The third-order valence-electron chi connectivity index (χ3n) is 8.85. The Kier molecular flexibility index (Phi) is 36.5. The molecule has 0 atom stereocenters. The molecule has 0 heterocycles. The van der Waals surface area contributed by atoms with Gasteiger partial charge in [-0.25, -0.2) is 5.32 Å². The number of aliphatic hydroxyl groups is 1. The molecule has 0 aromatic carbocycles. The minimum Gasteiger partial charge on any atom is -0.408 e. The van der Waals surface area contributed by atoms with Crippen molar-refractivity contribution in [3.8, 4) is 0 Å². The highest BCUT2D eigenvalue weighted by Crippen LogP contribution is 2.23. The molecule has 50 heavy (non-hydrogen) atoms. The van der Waals surface area contributed by atoms with E-state index in [9.17, 15) is 14.7 Å². The second-order valence-corrected chi connectivity index (χ2v) is 15.2. The summed E-state index contributed by atoms with van der Waals surface area (Å²) in [5.74, 6) is -2.47.